The number of hydrogen-bond acceptors (Lipinski definition) is 4. The molecule has 0 aliphatic carbocycles. The third kappa shape index (κ3) is 11.3. The van der Waals surface area contributed by atoms with E-state index in [0.29, 0.717) is 18.7 Å². The number of thioether (sulfide) groups is 2. The predicted molar refractivity (Wildman–Crippen MR) is 87.8 cm³/mol. The maximum atomic E-state index is 11.6. The number of carbonyl (C=O) groups excluding carboxylic acids is 1. The molecule has 0 spiro atoms. The number of urea groups is 1. The number of carboxylic acid groups (broad SMARTS) is 1. The molecule has 5 nitrogen and oxygen atoms in total. The highest BCUT2D eigenvalue weighted by Crippen LogP contribution is 2.04. The number of rotatable bonds is 12. The van der Waals surface area contributed by atoms with Crippen LogP contribution in [0.2, 0.25) is 0 Å². The van der Waals surface area contributed by atoms with Crippen molar-refractivity contribution in [3.8, 4) is 0 Å². The van der Waals surface area contributed by atoms with Crippen LogP contribution in [0.15, 0.2) is 0 Å². The Morgan fingerprint density at radius 2 is 1.70 bits per heavy atom. The third-order valence-electron chi connectivity index (χ3n) is 2.77. The fraction of sp³-hybridized carbons (Fsp3) is 0.846. The van der Waals surface area contributed by atoms with Gasteiger partial charge in [-0.2, -0.15) is 23.5 Å². The summed E-state index contributed by atoms with van der Waals surface area (Å²) in [5, 5.41) is 14.2. The Morgan fingerprint density at radius 1 is 1.05 bits per heavy atom. The van der Waals surface area contributed by atoms with Crippen molar-refractivity contribution in [3.63, 3.8) is 0 Å². The second-order valence-electron chi connectivity index (χ2n) is 4.48. The molecule has 0 saturated heterocycles. The van der Waals surface area contributed by atoms with E-state index in [-0.39, 0.29) is 6.03 Å². The lowest BCUT2D eigenvalue weighted by molar-refractivity contribution is -0.139. The first-order chi connectivity index (χ1) is 9.61. The SMILES string of the molecule is CSCCCCCCNC(=O)N[C@@H](CCSC)C(=O)O. The van der Waals surface area contributed by atoms with Crippen LogP contribution in [0.4, 0.5) is 4.79 Å². The van der Waals surface area contributed by atoms with Crippen molar-refractivity contribution < 1.29 is 14.7 Å². The van der Waals surface area contributed by atoms with E-state index < -0.39 is 12.0 Å². The molecule has 0 fully saturated rings. The van der Waals surface area contributed by atoms with Gasteiger partial charge in [-0.1, -0.05) is 12.8 Å². The lowest BCUT2D eigenvalue weighted by Crippen LogP contribution is -2.46. The molecule has 118 valence electrons. The van der Waals surface area contributed by atoms with Gasteiger partial charge < -0.3 is 15.7 Å². The van der Waals surface area contributed by atoms with Gasteiger partial charge >= 0.3 is 12.0 Å². The Labute approximate surface area is 130 Å². The Kier molecular flexibility index (Phi) is 13.0. The molecule has 0 rings (SSSR count). The molecule has 0 aliphatic rings. The number of aliphatic carboxylic acids is 1. The van der Waals surface area contributed by atoms with Gasteiger partial charge in [0.25, 0.3) is 0 Å². The second kappa shape index (κ2) is 13.4. The van der Waals surface area contributed by atoms with Crippen LogP contribution in [-0.4, -0.2) is 53.7 Å². The van der Waals surface area contributed by atoms with Crippen LogP contribution < -0.4 is 10.6 Å². The minimum Gasteiger partial charge on any atom is -0.480 e. The number of nitrogens with one attached hydrogen (secondary N) is 2. The van der Waals surface area contributed by atoms with Crippen LogP contribution in [0.25, 0.3) is 0 Å². The lowest BCUT2D eigenvalue weighted by atomic mass is 10.2. The number of carboxylic acids is 1. The molecule has 0 unspecified atom stereocenters. The van der Waals surface area contributed by atoms with E-state index in [1.807, 2.05) is 18.0 Å². The predicted octanol–water partition coefficient (Wildman–Crippen LogP) is 2.42. The maximum absolute atomic E-state index is 11.6. The van der Waals surface area contributed by atoms with Gasteiger partial charge in [0.1, 0.15) is 6.04 Å². The lowest BCUT2D eigenvalue weighted by Gasteiger charge is -2.14. The van der Waals surface area contributed by atoms with Gasteiger partial charge in [0.15, 0.2) is 0 Å². The molecule has 0 saturated carbocycles. The monoisotopic (exact) mass is 322 g/mol. The number of hydrogen-bond donors (Lipinski definition) is 3. The molecule has 0 aliphatic heterocycles. The number of unbranched alkanes of at least 4 members (excludes halogenated alkanes) is 3. The molecule has 2 amide bonds. The Hall–Kier alpha value is -0.560. The standard InChI is InChI=1S/C13H26N2O3S2/c1-19-9-6-4-3-5-8-14-13(18)15-11(12(16)17)7-10-20-2/h11H,3-10H2,1-2H3,(H,16,17)(H2,14,15,18)/t11-/m0/s1. The van der Waals surface area contributed by atoms with Gasteiger partial charge in [-0.05, 0) is 43.3 Å². The van der Waals surface area contributed by atoms with E-state index in [9.17, 15) is 9.59 Å². The average molecular weight is 322 g/mol. The summed E-state index contributed by atoms with van der Waals surface area (Å²) in [5.74, 6) is 0.919. The molecule has 0 aromatic rings. The summed E-state index contributed by atoms with van der Waals surface area (Å²) in [7, 11) is 0. The highest BCUT2D eigenvalue weighted by Gasteiger charge is 2.18. The third-order valence-corrected chi connectivity index (χ3v) is 4.12. The largest absolute Gasteiger partial charge is 0.480 e. The molecule has 1 atom stereocenters. The van der Waals surface area contributed by atoms with E-state index in [1.165, 1.54) is 18.6 Å². The van der Waals surface area contributed by atoms with Crippen LogP contribution in [-0.2, 0) is 4.79 Å². The van der Waals surface area contributed by atoms with E-state index >= 15 is 0 Å². The average Bonchev–Trinajstić information content (AvgIpc) is 2.42. The van der Waals surface area contributed by atoms with E-state index in [2.05, 4.69) is 16.9 Å². The minimum atomic E-state index is -0.980. The summed E-state index contributed by atoms with van der Waals surface area (Å²) in [6.45, 7) is 0.597. The molecule has 7 heteroatoms. The van der Waals surface area contributed by atoms with Gasteiger partial charge in [-0.15, -0.1) is 0 Å². The Bertz CT molecular complexity index is 278. The van der Waals surface area contributed by atoms with Crippen LogP contribution in [0.3, 0.4) is 0 Å². The fourth-order valence-electron chi connectivity index (χ4n) is 1.63. The van der Waals surface area contributed by atoms with Gasteiger partial charge in [0, 0.05) is 6.54 Å². The highest BCUT2D eigenvalue weighted by molar-refractivity contribution is 7.98. The van der Waals surface area contributed by atoms with Crippen LogP contribution in [0.1, 0.15) is 32.1 Å². The van der Waals surface area contributed by atoms with Crippen molar-refractivity contribution in [3.05, 3.63) is 0 Å². The van der Waals surface area contributed by atoms with Crippen molar-refractivity contribution >= 4 is 35.5 Å². The van der Waals surface area contributed by atoms with Crippen molar-refractivity contribution in [2.75, 3.05) is 30.6 Å². The quantitative estimate of drug-likeness (QED) is 0.481. The summed E-state index contributed by atoms with van der Waals surface area (Å²) in [6, 6.07) is -1.19. The molecule has 0 bridgehead atoms. The first-order valence-corrected chi connectivity index (χ1v) is 9.65. The van der Waals surface area contributed by atoms with Gasteiger partial charge in [-0.3, -0.25) is 0 Å². The van der Waals surface area contributed by atoms with Crippen molar-refractivity contribution in [2.24, 2.45) is 0 Å². The normalized spacial score (nSPS) is 11.9. The van der Waals surface area contributed by atoms with Crippen molar-refractivity contribution in [2.45, 2.75) is 38.1 Å². The van der Waals surface area contributed by atoms with Crippen molar-refractivity contribution in [1.82, 2.24) is 10.6 Å². The van der Waals surface area contributed by atoms with Gasteiger partial charge in [0.05, 0.1) is 0 Å². The van der Waals surface area contributed by atoms with Crippen LogP contribution >= 0.6 is 23.5 Å². The van der Waals surface area contributed by atoms with E-state index in [4.69, 9.17) is 5.11 Å². The van der Waals surface area contributed by atoms with E-state index in [0.717, 1.165) is 12.8 Å². The van der Waals surface area contributed by atoms with Crippen LogP contribution in [0, 0.1) is 0 Å². The molecule has 0 radical (unpaired) electrons. The fourth-order valence-corrected chi connectivity index (χ4v) is 2.59. The first kappa shape index (κ1) is 19.4. The van der Waals surface area contributed by atoms with Crippen LogP contribution in [0.5, 0.6) is 0 Å². The zero-order valence-electron chi connectivity index (χ0n) is 12.3. The molecule has 0 heterocycles. The molecule has 20 heavy (non-hydrogen) atoms. The summed E-state index contributed by atoms with van der Waals surface area (Å²) in [6.07, 6.45) is 8.87. The number of carbonyl (C=O) groups is 2. The summed E-state index contributed by atoms with van der Waals surface area (Å²) >= 11 is 3.42. The zero-order chi connectivity index (χ0) is 15.2. The summed E-state index contributed by atoms with van der Waals surface area (Å²) < 4.78 is 0. The summed E-state index contributed by atoms with van der Waals surface area (Å²) in [5.41, 5.74) is 0. The number of amides is 2. The Balaban J connectivity index is 3.66. The topological polar surface area (TPSA) is 78.4 Å². The smallest absolute Gasteiger partial charge is 0.326 e. The molecular weight excluding hydrogens is 296 g/mol. The molecule has 0 aromatic heterocycles. The Morgan fingerprint density at radius 3 is 2.30 bits per heavy atom. The highest BCUT2D eigenvalue weighted by atomic mass is 32.2. The minimum absolute atomic E-state index is 0.386. The zero-order valence-corrected chi connectivity index (χ0v) is 13.9. The molecular formula is C13H26N2O3S2. The van der Waals surface area contributed by atoms with E-state index in [1.54, 1.807) is 11.8 Å². The van der Waals surface area contributed by atoms with Crippen molar-refractivity contribution in [1.29, 1.82) is 0 Å². The summed E-state index contributed by atoms with van der Waals surface area (Å²) in [4.78, 5) is 22.5. The molecule has 0 aromatic carbocycles. The first-order valence-electron chi connectivity index (χ1n) is 6.86. The van der Waals surface area contributed by atoms with Gasteiger partial charge in [0.2, 0.25) is 0 Å². The maximum Gasteiger partial charge on any atom is 0.326 e. The van der Waals surface area contributed by atoms with Gasteiger partial charge in [-0.25, -0.2) is 9.59 Å². The second-order valence-corrected chi connectivity index (χ2v) is 6.45. The molecule has 3 N–H and O–H groups in total.